The van der Waals surface area contributed by atoms with Crippen LogP contribution in [0.1, 0.15) is 63.2 Å². The van der Waals surface area contributed by atoms with Crippen molar-refractivity contribution in [3.8, 4) is 0 Å². The van der Waals surface area contributed by atoms with Crippen LogP contribution in [0.5, 0.6) is 0 Å². The number of rotatable bonds is 3. The predicted molar refractivity (Wildman–Crippen MR) is 84.1 cm³/mol. The first-order chi connectivity index (χ1) is 10.1. The molecule has 1 heterocycles. The number of nitrogens with two attached hydrogens (primary N) is 1. The second-order valence-electron chi connectivity index (χ2n) is 6.95. The number of hydrogen-bond donors (Lipinski definition) is 1. The van der Waals surface area contributed by atoms with Gasteiger partial charge in [0.2, 0.25) is 0 Å². The molecule has 0 aromatic heterocycles. The lowest BCUT2D eigenvalue weighted by Crippen LogP contribution is -2.38. The highest BCUT2D eigenvalue weighted by Gasteiger charge is 2.39. The van der Waals surface area contributed by atoms with Gasteiger partial charge in [0, 0.05) is 12.0 Å². The zero-order valence-electron chi connectivity index (χ0n) is 13.2. The second kappa shape index (κ2) is 5.71. The summed E-state index contributed by atoms with van der Waals surface area (Å²) in [6, 6.07) is 8.67. The van der Waals surface area contributed by atoms with Crippen LogP contribution in [-0.4, -0.2) is 18.9 Å². The summed E-state index contributed by atoms with van der Waals surface area (Å²) in [7, 11) is 0. The number of hydrogen-bond acceptors (Lipinski definition) is 3. The molecule has 1 saturated carbocycles. The van der Waals surface area contributed by atoms with Gasteiger partial charge in [-0.3, -0.25) is 0 Å². The van der Waals surface area contributed by atoms with Crippen molar-refractivity contribution >= 4 is 0 Å². The molecule has 21 heavy (non-hydrogen) atoms. The summed E-state index contributed by atoms with van der Waals surface area (Å²) in [5, 5.41) is 0. The first-order valence-corrected chi connectivity index (χ1v) is 8.18. The first-order valence-electron chi connectivity index (χ1n) is 8.18. The Hall–Kier alpha value is -0.900. The summed E-state index contributed by atoms with van der Waals surface area (Å²) >= 11 is 0. The monoisotopic (exact) mass is 289 g/mol. The van der Waals surface area contributed by atoms with Crippen LogP contribution in [0.25, 0.3) is 0 Å². The van der Waals surface area contributed by atoms with Crippen LogP contribution >= 0.6 is 0 Å². The number of ether oxygens (including phenoxy) is 2. The molecule has 3 nitrogen and oxygen atoms in total. The minimum Gasteiger partial charge on any atom is -0.347 e. The molecule has 1 atom stereocenters. The summed E-state index contributed by atoms with van der Waals surface area (Å²) in [6.45, 7) is 5.31. The van der Waals surface area contributed by atoms with E-state index in [2.05, 4.69) is 24.3 Å². The van der Waals surface area contributed by atoms with Crippen LogP contribution < -0.4 is 5.73 Å². The van der Waals surface area contributed by atoms with Crippen molar-refractivity contribution < 1.29 is 9.47 Å². The molecule has 3 heteroatoms. The fourth-order valence-electron chi connectivity index (χ4n) is 3.91. The Morgan fingerprint density at radius 3 is 2.48 bits per heavy atom. The van der Waals surface area contributed by atoms with E-state index in [4.69, 9.17) is 15.2 Å². The predicted octanol–water partition coefficient (Wildman–Crippen LogP) is 3.67. The molecular formula is C18H27NO2. The Kier molecular flexibility index (Phi) is 4.08. The molecule has 1 aliphatic heterocycles. The summed E-state index contributed by atoms with van der Waals surface area (Å²) in [6.07, 6.45) is 6.30. The van der Waals surface area contributed by atoms with E-state index in [1.165, 1.54) is 43.2 Å². The Morgan fingerprint density at radius 1 is 1.14 bits per heavy atom. The van der Waals surface area contributed by atoms with Gasteiger partial charge in [-0.1, -0.05) is 43.5 Å². The minimum atomic E-state index is -0.486. The molecule has 2 N–H and O–H groups in total. The summed E-state index contributed by atoms with van der Waals surface area (Å²) < 4.78 is 11.9. The van der Waals surface area contributed by atoms with Gasteiger partial charge < -0.3 is 15.2 Å². The highest BCUT2D eigenvalue weighted by Crippen LogP contribution is 2.44. The summed E-state index contributed by atoms with van der Waals surface area (Å²) in [5.41, 5.74) is 9.01. The third-order valence-electron chi connectivity index (χ3n) is 5.09. The van der Waals surface area contributed by atoms with Gasteiger partial charge in [0.05, 0.1) is 6.61 Å². The maximum Gasteiger partial charge on any atom is 0.163 e. The largest absolute Gasteiger partial charge is 0.347 e. The van der Waals surface area contributed by atoms with Gasteiger partial charge in [-0.2, -0.15) is 0 Å². The van der Waals surface area contributed by atoms with Crippen LogP contribution in [0.2, 0.25) is 0 Å². The van der Waals surface area contributed by atoms with E-state index in [0.717, 1.165) is 6.54 Å². The Bertz CT molecular complexity index is 492. The van der Waals surface area contributed by atoms with Crippen LogP contribution in [0.15, 0.2) is 24.3 Å². The highest BCUT2D eigenvalue weighted by molar-refractivity contribution is 5.37. The van der Waals surface area contributed by atoms with Crippen LogP contribution in [0, 0.1) is 0 Å². The SMILES string of the molecule is CC1(C)OCC(c2ccccc2C2(CN)CCCCC2)O1. The van der Waals surface area contributed by atoms with Gasteiger partial charge in [-0.05, 0) is 37.8 Å². The van der Waals surface area contributed by atoms with E-state index in [9.17, 15) is 0 Å². The average molecular weight is 289 g/mol. The van der Waals surface area contributed by atoms with E-state index >= 15 is 0 Å². The standard InChI is InChI=1S/C18H27NO2/c1-17(2)20-12-16(21-17)14-8-4-5-9-15(14)18(13-19)10-6-3-7-11-18/h4-5,8-9,16H,3,6-7,10-13,19H2,1-2H3. The Morgan fingerprint density at radius 2 is 1.86 bits per heavy atom. The lowest BCUT2D eigenvalue weighted by Gasteiger charge is -2.39. The van der Waals surface area contributed by atoms with Gasteiger partial charge >= 0.3 is 0 Å². The topological polar surface area (TPSA) is 44.5 Å². The molecule has 1 unspecified atom stereocenters. The Labute approximate surface area is 127 Å². The van der Waals surface area contributed by atoms with Crippen LogP contribution in [-0.2, 0) is 14.9 Å². The van der Waals surface area contributed by atoms with Crippen molar-refractivity contribution in [1.82, 2.24) is 0 Å². The smallest absolute Gasteiger partial charge is 0.163 e. The van der Waals surface area contributed by atoms with Crippen LogP contribution in [0.4, 0.5) is 0 Å². The molecule has 1 saturated heterocycles. The zero-order valence-corrected chi connectivity index (χ0v) is 13.2. The fraction of sp³-hybridized carbons (Fsp3) is 0.667. The van der Waals surface area contributed by atoms with E-state index in [1.807, 2.05) is 13.8 Å². The molecule has 1 aromatic carbocycles. The van der Waals surface area contributed by atoms with E-state index < -0.39 is 5.79 Å². The first kappa shape index (κ1) is 15.0. The normalized spacial score (nSPS) is 27.7. The molecule has 0 radical (unpaired) electrons. The molecule has 1 aliphatic carbocycles. The van der Waals surface area contributed by atoms with E-state index in [0.29, 0.717) is 6.61 Å². The third-order valence-corrected chi connectivity index (χ3v) is 5.09. The van der Waals surface area contributed by atoms with Gasteiger partial charge in [-0.15, -0.1) is 0 Å². The summed E-state index contributed by atoms with van der Waals surface area (Å²) in [5.74, 6) is -0.486. The molecule has 1 aromatic rings. The molecule has 2 fully saturated rings. The van der Waals surface area contributed by atoms with Gasteiger partial charge in [0.25, 0.3) is 0 Å². The maximum atomic E-state index is 6.22. The van der Waals surface area contributed by atoms with Gasteiger partial charge in [0.1, 0.15) is 6.10 Å². The molecule has 0 bridgehead atoms. The molecule has 3 rings (SSSR count). The number of benzene rings is 1. The van der Waals surface area contributed by atoms with Gasteiger partial charge in [0.15, 0.2) is 5.79 Å². The zero-order chi connectivity index (χ0) is 14.9. The van der Waals surface area contributed by atoms with Crippen molar-refractivity contribution in [2.45, 2.75) is 63.3 Å². The van der Waals surface area contributed by atoms with Crippen molar-refractivity contribution in [3.63, 3.8) is 0 Å². The molecular weight excluding hydrogens is 262 g/mol. The third kappa shape index (κ3) is 2.87. The summed E-state index contributed by atoms with van der Waals surface area (Å²) in [4.78, 5) is 0. The molecule has 116 valence electrons. The lowest BCUT2D eigenvalue weighted by molar-refractivity contribution is -0.139. The van der Waals surface area contributed by atoms with E-state index in [1.54, 1.807) is 0 Å². The minimum absolute atomic E-state index is 0.0292. The fourth-order valence-corrected chi connectivity index (χ4v) is 3.91. The van der Waals surface area contributed by atoms with Gasteiger partial charge in [-0.25, -0.2) is 0 Å². The molecule has 2 aliphatic rings. The second-order valence-corrected chi connectivity index (χ2v) is 6.95. The molecule has 0 amide bonds. The molecule has 0 spiro atoms. The quantitative estimate of drug-likeness (QED) is 0.923. The van der Waals surface area contributed by atoms with Crippen molar-refractivity contribution in [1.29, 1.82) is 0 Å². The van der Waals surface area contributed by atoms with Crippen molar-refractivity contribution in [2.75, 3.05) is 13.2 Å². The van der Waals surface area contributed by atoms with E-state index in [-0.39, 0.29) is 11.5 Å². The average Bonchev–Trinajstić information content (AvgIpc) is 2.88. The van der Waals surface area contributed by atoms with Crippen molar-refractivity contribution in [2.24, 2.45) is 5.73 Å². The van der Waals surface area contributed by atoms with Crippen LogP contribution in [0.3, 0.4) is 0 Å². The highest BCUT2D eigenvalue weighted by atomic mass is 16.7. The Balaban J connectivity index is 1.96. The lowest BCUT2D eigenvalue weighted by atomic mass is 9.67. The van der Waals surface area contributed by atoms with Crippen molar-refractivity contribution in [3.05, 3.63) is 35.4 Å². The maximum absolute atomic E-state index is 6.22.